The molecule has 2 nitrogen and oxygen atoms in total. The molecule has 0 bridgehead atoms. The van der Waals surface area contributed by atoms with Gasteiger partial charge in [0.2, 0.25) is 5.91 Å². The molecule has 0 saturated carbocycles. The Balaban J connectivity index is 2.28. The monoisotopic (exact) mass is 241 g/mol. The molecular formula is C11H12ClNOS. The van der Waals surface area contributed by atoms with Crippen molar-refractivity contribution < 1.29 is 4.79 Å². The first-order chi connectivity index (χ1) is 7.18. The summed E-state index contributed by atoms with van der Waals surface area (Å²) in [7, 11) is 0. The predicted octanol–water partition coefficient (Wildman–Crippen LogP) is 3.11. The number of para-hydroxylation sites is 1. The summed E-state index contributed by atoms with van der Waals surface area (Å²) in [6.07, 6.45) is 0. The van der Waals surface area contributed by atoms with E-state index in [1.54, 1.807) is 0 Å². The summed E-state index contributed by atoms with van der Waals surface area (Å²) in [5, 5.41) is 3.35. The number of thioether (sulfide) groups is 1. The highest BCUT2D eigenvalue weighted by molar-refractivity contribution is 8.00. The van der Waals surface area contributed by atoms with Crippen molar-refractivity contribution in [2.75, 3.05) is 16.8 Å². The van der Waals surface area contributed by atoms with Crippen LogP contribution in [-0.4, -0.2) is 17.4 Å². The van der Waals surface area contributed by atoms with Gasteiger partial charge in [0.15, 0.2) is 0 Å². The first-order valence-corrected chi connectivity index (χ1v) is 5.97. The highest BCUT2D eigenvalue weighted by atomic mass is 35.5. The summed E-state index contributed by atoms with van der Waals surface area (Å²) >= 11 is 7.02. The van der Waals surface area contributed by atoms with Crippen LogP contribution in [0.3, 0.4) is 0 Å². The lowest BCUT2D eigenvalue weighted by molar-refractivity contribution is -0.113. The first-order valence-electron chi connectivity index (χ1n) is 4.44. The van der Waals surface area contributed by atoms with Crippen LogP contribution in [0.1, 0.15) is 0 Å². The Morgan fingerprint density at radius 3 is 2.60 bits per heavy atom. The van der Waals surface area contributed by atoms with E-state index in [1.165, 1.54) is 11.8 Å². The van der Waals surface area contributed by atoms with Gasteiger partial charge in [0.1, 0.15) is 0 Å². The molecule has 1 N–H and O–H groups in total. The molecule has 15 heavy (non-hydrogen) atoms. The number of halogens is 1. The average molecular weight is 242 g/mol. The van der Waals surface area contributed by atoms with E-state index in [4.69, 9.17) is 11.6 Å². The Morgan fingerprint density at radius 1 is 1.33 bits per heavy atom. The molecule has 0 spiro atoms. The minimum atomic E-state index is -0.0240. The van der Waals surface area contributed by atoms with Gasteiger partial charge in [-0.3, -0.25) is 4.79 Å². The topological polar surface area (TPSA) is 29.1 Å². The molecule has 0 heterocycles. The van der Waals surface area contributed by atoms with Gasteiger partial charge in [0.25, 0.3) is 0 Å². The summed E-state index contributed by atoms with van der Waals surface area (Å²) in [4.78, 5) is 11.4. The van der Waals surface area contributed by atoms with E-state index in [2.05, 4.69) is 11.9 Å². The van der Waals surface area contributed by atoms with E-state index in [1.807, 2.05) is 30.3 Å². The zero-order chi connectivity index (χ0) is 11.1. The van der Waals surface area contributed by atoms with Crippen molar-refractivity contribution in [1.29, 1.82) is 0 Å². The number of carbonyl (C=O) groups excluding carboxylic acids is 1. The van der Waals surface area contributed by atoms with Crippen LogP contribution in [0.25, 0.3) is 0 Å². The van der Waals surface area contributed by atoms with Crippen LogP contribution in [0.5, 0.6) is 0 Å². The third kappa shape index (κ3) is 5.50. The van der Waals surface area contributed by atoms with Crippen LogP contribution in [0.15, 0.2) is 41.9 Å². The summed E-state index contributed by atoms with van der Waals surface area (Å²) in [6.45, 7) is 3.55. The summed E-state index contributed by atoms with van der Waals surface area (Å²) in [6, 6.07) is 9.36. The van der Waals surface area contributed by atoms with E-state index in [9.17, 15) is 4.79 Å². The number of hydrogen-bond donors (Lipinski definition) is 1. The van der Waals surface area contributed by atoms with Gasteiger partial charge in [-0.1, -0.05) is 36.4 Å². The Hall–Kier alpha value is -0.930. The lowest BCUT2D eigenvalue weighted by Crippen LogP contribution is -2.14. The van der Waals surface area contributed by atoms with Crippen LogP contribution < -0.4 is 5.32 Å². The van der Waals surface area contributed by atoms with Crippen LogP contribution in [0, 0.1) is 0 Å². The zero-order valence-corrected chi connectivity index (χ0v) is 9.77. The molecule has 0 aliphatic rings. The van der Waals surface area contributed by atoms with Gasteiger partial charge >= 0.3 is 0 Å². The summed E-state index contributed by atoms with van der Waals surface area (Å²) in [5.74, 6) is 0.967. The molecule has 1 rings (SSSR count). The lowest BCUT2D eigenvalue weighted by Gasteiger charge is -2.03. The Morgan fingerprint density at radius 2 is 2.00 bits per heavy atom. The molecule has 1 aromatic rings. The number of anilines is 1. The van der Waals surface area contributed by atoms with Crippen LogP contribution in [0.4, 0.5) is 5.69 Å². The number of nitrogens with one attached hydrogen (secondary N) is 1. The third-order valence-electron chi connectivity index (χ3n) is 1.55. The SMILES string of the molecule is C=C(Cl)CSCC(=O)Nc1ccccc1. The lowest BCUT2D eigenvalue weighted by atomic mass is 10.3. The van der Waals surface area contributed by atoms with Crippen molar-refractivity contribution >= 4 is 35.0 Å². The van der Waals surface area contributed by atoms with Gasteiger partial charge in [-0.25, -0.2) is 0 Å². The number of benzene rings is 1. The number of hydrogen-bond acceptors (Lipinski definition) is 2. The van der Waals surface area contributed by atoms with Crippen molar-refractivity contribution in [1.82, 2.24) is 0 Å². The molecule has 80 valence electrons. The summed E-state index contributed by atoms with van der Waals surface area (Å²) < 4.78 is 0. The van der Waals surface area contributed by atoms with Crippen molar-refractivity contribution in [3.8, 4) is 0 Å². The maximum atomic E-state index is 11.4. The molecule has 0 saturated heterocycles. The number of carbonyl (C=O) groups is 1. The van der Waals surface area contributed by atoms with E-state index >= 15 is 0 Å². The third-order valence-corrected chi connectivity index (χ3v) is 2.86. The molecule has 0 fully saturated rings. The van der Waals surface area contributed by atoms with Crippen molar-refractivity contribution in [2.24, 2.45) is 0 Å². The molecule has 0 aliphatic carbocycles. The van der Waals surface area contributed by atoms with Crippen molar-refractivity contribution in [2.45, 2.75) is 0 Å². The Bertz CT molecular complexity index is 340. The second-order valence-electron chi connectivity index (χ2n) is 2.92. The fraction of sp³-hybridized carbons (Fsp3) is 0.182. The standard InChI is InChI=1S/C11H12ClNOS/c1-9(12)7-15-8-11(14)13-10-5-3-2-4-6-10/h2-6H,1,7-8H2,(H,13,14). The smallest absolute Gasteiger partial charge is 0.234 e. The van der Waals surface area contributed by atoms with E-state index < -0.39 is 0 Å². The van der Waals surface area contributed by atoms with E-state index in [0.717, 1.165) is 5.69 Å². The molecule has 0 radical (unpaired) electrons. The molecular weight excluding hydrogens is 230 g/mol. The number of amides is 1. The predicted molar refractivity (Wildman–Crippen MR) is 67.4 cm³/mol. The molecule has 0 aliphatic heterocycles. The Kier molecular flexibility index (Phi) is 5.29. The molecule has 0 aromatic heterocycles. The van der Waals surface area contributed by atoms with Gasteiger partial charge in [-0.2, -0.15) is 0 Å². The number of rotatable bonds is 5. The van der Waals surface area contributed by atoms with Gasteiger partial charge in [0.05, 0.1) is 5.75 Å². The Labute approximate surface area is 98.7 Å². The minimum Gasteiger partial charge on any atom is -0.325 e. The fourth-order valence-electron chi connectivity index (χ4n) is 0.973. The highest BCUT2D eigenvalue weighted by Crippen LogP contribution is 2.10. The first kappa shape index (κ1) is 12.1. The van der Waals surface area contributed by atoms with Crippen molar-refractivity contribution in [3.63, 3.8) is 0 Å². The van der Waals surface area contributed by atoms with E-state index in [0.29, 0.717) is 16.5 Å². The maximum Gasteiger partial charge on any atom is 0.234 e. The van der Waals surface area contributed by atoms with Crippen molar-refractivity contribution in [3.05, 3.63) is 41.9 Å². The fourth-order valence-corrected chi connectivity index (χ4v) is 1.79. The zero-order valence-electron chi connectivity index (χ0n) is 8.20. The van der Waals surface area contributed by atoms with Crippen LogP contribution in [0.2, 0.25) is 0 Å². The van der Waals surface area contributed by atoms with Crippen LogP contribution in [-0.2, 0) is 4.79 Å². The van der Waals surface area contributed by atoms with Gasteiger partial charge in [-0.05, 0) is 12.1 Å². The molecule has 1 aromatic carbocycles. The van der Waals surface area contributed by atoms with Gasteiger partial charge in [0, 0.05) is 16.5 Å². The average Bonchev–Trinajstić information content (AvgIpc) is 2.18. The molecule has 0 atom stereocenters. The molecule has 4 heteroatoms. The molecule has 1 amide bonds. The van der Waals surface area contributed by atoms with Gasteiger partial charge in [-0.15, -0.1) is 11.8 Å². The maximum absolute atomic E-state index is 11.4. The van der Waals surface area contributed by atoms with Gasteiger partial charge < -0.3 is 5.32 Å². The highest BCUT2D eigenvalue weighted by Gasteiger charge is 2.01. The second kappa shape index (κ2) is 6.53. The normalized spacial score (nSPS) is 9.67. The second-order valence-corrected chi connectivity index (χ2v) is 4.44. The largest absolute Gasteiger partial charge is 0.325 e. The van der Waals surface area contributed by atoms with Crippen LogP contribution >= 0.6 is 23.4 Å². The summed E-state index contributed by atoms with van der Waals surface area (Å²) in [5.41, 5.74) is 0.813. The van der Waals surface area contributed by atoms with E-state index in [-0.39, 0.29) is 5.91 Å². The molecule has 0 unspecified atom stereocenters. The quantitative estimate of drug-likeness (QED) is 0.858. The minimum absolute atomic E-state index is 0.0240.